The fourth-order valence-corrected chi connectivity index (χ4v) is 3.82. The summed E-state index contributed by atoms with van der Waals surface area (Å²) in [6, 6.07) is 8.24. The Bertz CT molecular complexity index is 1170. The van der Waals surface area contributed by atoms with Gasteiger partial charge in [-0.25, -0.2) is 14.4 Å². The molecule has 4 rings (SSSR count). The van der Waals surface area contributed by atoms with Gasteiger partial charge < -0.3 is 19.7 Å². The van der Waals surface area contributed by atoms with Crippen LogP contribution >= 0.6 is 11.6 Å². The molecular weight excluding hydrogens is 435 g/mol. The minimum absolute atomic E-state index is 0.0142. The Kier molecular flexibility index (Phi) is 6.41. The first-order chi connectivity index (χ1) is 15.5. The highest BCUT2D eigenvalue weighted by atomic mass is 35.5. The van der Waals surface area contributed by atoms with Gasteiger partial charge in [-0.1, -0.05) is 24.2 Å². The second kappa shape index (κ2) is 9.40. The molecule has 1 aliphatic rings. The van der Waals surface area contributed by atoms with Crippen molar-refractivity contribution in [2.75, 3.05) is 25.5 Å². The van der Waals surface area contributed by atoms with Gasteiger partial charge in [0.2, 0.25) is 5.91 Å². The molecule has 1 amide bonds. The number of carbonyl (C=O) groups excluding carboxylic acids is 1. The fourth-order valence-electron chi connectivity index (χ4n) is 3.65. The lowest BCUT2D eigenvalue weighted by atomic mass is 10.1. The maximum Gasteiger partial charge on any atom is 0.245 e. The van der Waals surface area contributed by atoms with Crippen LogP contribution in [0.5, 0.6) is 11.5 Å². The zero-order valence-corrected chi connectivity index (χ0v) is 18.2. The van der Waals surface area contributed by atoms with Crippen LogP contribution in [0.4, 0.5) is 15.9 Å². The van der Waals surface area contributed by atoms with E-state index < -0.39 is 5.82 Å². The molecule has 9 heteroatoms. The maximum atomic E-state index is 14.4. The average Bonchev–Trinajstić information content (AvgIpc) is 2.82. The Morgan fingerprint density at radius 2 is 2.06 bits per heavy atom. The smallest absolute Gasteiger partial charge is 0.245 e. The molecule has 1 aromatic heterocycles. The van der Waals surface area contributed by atoms with E-state index in [2.05, 4.69) is 21.9 Å². The highest BCUT2D eigenvalue weighted by Gasteiger charge is 2.24. The van der Waals surface area contributed by atoms with Crippen molar-refractivity contribution in [3.63, 3.8) is 0 Å². The summed E-state index contributed by atoms with van der Waals surface area (Å²) in [6.07, 6.45) is 4.00. The molecule has 0 radical (unpaired) electrons. The fraction of sp³-hybridized carbons (Fsp3) is 0.261. The van der Waals surface area contributed by atoms with Gasteiger partial charge >= 0.3 is 0 Å². The summed E-state index contributed by atoms with van der Waals surface area (Å²) in [6.45, 7) is 4.72. The molecule has 2 heterocycles. The van der Waals surface area contributed by atoms with E-state index >= 15 is 0 Å². The predicted molar refractivity (Wildman–Crippen MR) is 121 cm³/mol. The number of hydrogen-bond acceptors (Lipinski definition) is 6. The molecule has 0 spiro atoms. The summed E-state index contributed by atoms with van der Waals surface area (Å²) in [5, 5.41) is 3.64. The molecule has 1 aliphatic heterocycles. The van der Waals surface area contributed by atoms with E-state index in [0.717, 1.165) is 0 Å². The van der Waals surface area contributed by atoms with Gasteiger partial charge in [0.1, 0.15) is 18.2 Å². The molecule has 7 nitrogen and oxygen atoms in total. The van der Waals surface area contributed by atoms with Crippen LogP contribution in [0.1, 0.15) is 12.8 Å². The number of nitrogens with zero attached hydrogens (tertiary/aromatic N) is 3. The maximum absolute atomic E-state index is 14.4. The van der Waals surface area contributed by atoms with Gasteiger partial charge in [-0.2, -0.15) is 0 Å². The van der Waals surface area contributed by atoms with E-state index in [-0.39, 0.29) is 22.7 Å². The first kappa shape index (κ1) is 21.8. The summed E-state index contributed by atoms with van der Waals surface area (Å²) in [5.74, 6) is 0.827. The monoisotopic (exact) mass is 456 g/mol. The van der Waals surface area contributed by atoms with Gasteiger partial charge in [0.05, 0.1) is 23.3 Å². The van der Waals surface area contributed by atoms with Gasteiger partial charge in [0.15, 0.2) is 17.3 Å². The first-order valence-electron chi connectivity index (χ1n) is 10.1. The molecule has 32 heavy (non-hydrogen) atoms. The van der Waals surface area contributed by atoms with E-state index in [1.54, 1.807) is 36.3 Å². The number of ether oxygens (including phenoxy) is 2. The lowest BCUT2D eigenvalue weighted by Gasteiger charge is -2.31. The topological polar surface area (TPSA) is 76.6 Å². The molecule has 0 atom stereocenters. The lowest BCUT2D eigenvalue weighted by molar-refractivity contribution is -0.127. The number of fused-ring (bicyclic) bond motifs is 1. The number of rotatable bonds is 6. The van der Waals surface area contributed by atoms with Crippen LogP contribution in [-0.4, -0.2) is 47.1 Å². The van der Waals surface area contributed by atoms with Crippen LogP contribution < -0.4 is 14.8 Å². The summed E-state index contributed by atoms with van der Waals surface area (Å²) in [7, 11) is 1.56. The van der Waals surface area contributed by atoms with Crippen LogP contribution in [0.25, 0.3) is 10.9 Å². The second-order valence-electron chi connectivity index (χ2n) is 7.32. The normalized spacial score (nSPS) is 14.3. The molecule has 0 aliphatic carbocycles. The second-order valence-corrected chi connectivity index (χ2v) is 7.72. The van der Waals surface area contributed by atoms with Crippen molar-refractivity contribution in [2.24, 2.45) is 0 Å². The van der Waals surface area contributed by atoms with Crippen LogP contribution in [0, 0.1) is 5.82 Å². The van der Waals surface area contributed by atoms with E-state index in [1.807, 2.05) is 0 Å². The summed E-state index contributed by atoms with van der Waals surface area (Å²) in [4.78, 5) is 22.1. The van der Waals surface area contributed by atoms with Gasteiger partial charge in [0, 0.05) is 37.4 Å². The van der Waals surface area contributed by atoms with Gasteiger partial charge in [-0.05, 0) is 24.3 Å². The number of anilines is 2. The van der Waals surface area contributed by atoms with Crippen molar-refractivity contribution in [2.45, 2.75) is 18.9 Å². The number of likely N-dealkylation sites (tertiary alicyclic amines) is 1. The number of carbonyl (C=O) groups is 1. The molecule has 0 bridgehead atoms. The highest BCUT2D eigenvalue weighted by Crippen LogP contribution is 2.36. The third-order valence-corrected chi connectivity index (χ3v) is 5.64. The third-order valence-electron chi connectivity index (χ3n) is 5.35. The summed E-state index contributed by atoms with van der Waals surface area (Å²) >= 11 is 5.90. The zero-order chi connectivity index (χ0) is 22.7. The Hall–Kier alpha value is -3.39. The number of benzene rings is 2. The Morgan fingerprint density at radius 1 is 1.28 bits per heavy atom. The first-order valence-corrected chi connectivity index (χ1v) is 10.5. The molecule has 2 aromatic carbocycles. The Labute approximate surface area is 189 Å². The summed E-state index contributed by atoms with van der Waals surface area (Å²) < 4.78 is 26.1. The van der Waals surface area contributed by atoms with Crippen LogP contribution in [0.2, 0.25) is 5.02 Å². The van der Waals surface area contributed by atoms with Crippen molar-refractivity contribution < 1.29 is 18.7 Å². The molecule has 166 valence electrons. The molecular formula is C23H22ClFN4O3. The number of aromatic nitrogens is 2. The number of amides is 1. The van der Waals surface area contributed by atoms with Crippen molar-refractivity contribution in [3.8, 4) is 11.5 Å². The molecule has 1 saturated heterocycles. The van der Waals surface area contributed by atoms with E-state index in [4.69, 9.17) is 21.1 Å². The summed E-state index contributed by atoms with van der Waals surface area (Å²) in [5.41, 5.74) is 0.815. The van der Waals surface area contributed by atoms with Crippen LogP contribution in [0.15, 0.2) is 49.3 Å². The van der Waals surface area contributed by atoms with Crippen molar-refractivity contribution >= 4 is 39.9 Å². The number of piperidine rings is 1. The average molecular weight is 457 g/mol. The number of methoxy groups -OCH3 is 1. The van der Waals surface area contributed by atoms with Gasteiger partial charge in [-0.3, -0.25) is 4.79 Å². The number of nitrogens with one attached hydrogen (secondary N) is 1. The molecule has 1 fully saturated rings. The zero-order valence-electron chi connectivity index (χ0n) is 17.5. The van der Waals surface area contributed by atoms with E-state index in [0.29, 0.717) is 54.2 Å². The van der Waals surface area contributed by atoms with Gasteiger partial charge in [-0.15, -0.1) is 0 Å². The van der Waals surface area contributed by atoms with Crippen molar-refractivity contribution in [3.05, 3.63) is 60.2 Å². The largest absolute Gasteiger partial charge is 0.493 e. The lowest BCUT2D eigenvalue weighted by Crippen LogP contribution is -2.41. The number of halogens is 2. The highest BCUT2D eigenvalue weighted by molar-refractivity contribution is 6.31. The number of hydrogen-bond donors (Lipinski definition) is 1. The molecule has 0 saturated carbocycles. The quantitative estimate of drug-likeness (QED) is 0.540. The van der Waals surface area contributed by atoms with E-state index in [1.165, 1.54) is 18.5 Å². The van der Waals surface area contributed by atoms with E-state index in [9.17, 15) is 9.18 Å². The third kappa shape index (κ3) is 4.45. The van der Waals surface area contributed by atoms with Crippen LogP contribution in [0.3, 0.4) is 0 Å². The Morgan fingerprint density at radius 3 is 2.78 bits per heavy atom. The molecule has 1 N–H and O–H groups in total. The van der Waals surface area contributed by atoms with Crippen molar-refractivity contribution in [1.29, 1.82) is 0 Å². The standard InChI is InChI=1S/C23H22ClFN4O3/c1-3-21(30)29-9-7-14(8-10-29)32-20-11-15-18(12-19(20)31-2)26-13-27-23(15)28-17-6-4-5-16(24)22(17)25/h3-6,11-14H,1,7-10H2,2H3,(H,26,27,28). The SMILES string of the molecule is C=CC(=O)N1CCC(Oc2cc3c(Nc4cccc(Cl)c4F)ncnc3cc2OC)CC1. The van der Waals surface area contributed by atoms with Crippen molar-refractivity contribution in [1.82, 2.24) is 14.9 Å². The minimum Gasteiger partial charge on any atom is -0.493 e. The van der Waals surface area contributed by atoms with Gasteiger partial charge in [0.25, 0.3) is 0 Å². The minimum atomic E-state index is -0.563. The predicted octanol–water partition coefficient (Wildman–Crippen LogP) is 4.73. The molecule has 0 unspecified atom stereocenters. The Balaban J connectivity index is 1.62. The van der Waals surface area contributed by atoms with Crippen LogP contribution in [-0.2, 0) is 4.79 Å². The molecule has 3 aromatic rings.